The standard InChI is InChI=1S/C24H20ClNO5S2/c1-4-31-24(28)19-17(13-5-7-14(29-2)8-6-13)12-32-23(19)26-22(27)21-20(25)16-11-15(30-3)9-10-18(16)33-21/h5-12H,4H2,1-3H3,(H,26,27). The van der Waals surface area contributed by atoms with Gasteiger partial charge in [0.05, 0.1) is 25.8 Å². The maximum Gasteiger partial charge on any atom is 0.341 e. The zero-order valence-electron chi connectivity index (χ0n) is 18.1. The summed E-state index contributed by atoms with van der Waals surface area (Å²) in [5.74, 6) is 0.457. The Kier molecular flexibility index (Phi) is 6.88. The zero-order valence-corrected chi connectivity index (χ0v) is 20.5. The number of ether oxygens (including phenoxy) is 3. The van der Waals surface area contributed by atoms with E-state index in [1.165, 1.54) is 22.7 Å². The van der Waals surface area contributed by atoms with Crippen molar-refractivity contribution in [3.8, 4) is 22.6 Å². The molecule has 0 unspecified atom stereocenters. The van der Waals surface area contributed by atoms with Crippen molar-refractivity contribution in [1.29, 1.82) is 0 Å². The van der Waals surface area contributed by atoms with E-state index in [2.05, 4.69) is 5.32 Å². The minimum absolute atomic E-state index is 0.216. The number of anilines is 1. The van der Waals surface area contributed by atoms with Gasteiger partial charge in [0.1, 0.15) is 26.9 Å². The summed E-state index contributed by atoms with van der Waals surface area (Å²) in [4.78, 5) is 26.3. The van der Waals surface area contributed by atoms with Gasteiger partial charge in [-0.15, -0.1) is 22.7 Å². The van der Waals surface area contributed by atoms with E-state index in [1.54, 1.807) is 27.2 Å². The van der Waals surface area contributed by atoms with Crippen molar-refractivity contribution in [2.75, 3.05) is 26.1 Å². The lowest BCUT2D eigenvalue weighted by Crippen LogP contribution is -2.14. The number of esters is 1. The van der Waals surface area contributed by atoms with Crippen LogP contribution in [-0.2, 0) is 4.74 Å². The first-order chi connectivity index (χ1) is 16.0. The number of halogens is 1. The molecule has 33 heavy (non-hydrogen) atoms. The van der Waals surface area contributed by atoms with E-state index >= 15 is 0 Å². The van der Waals surface area contributed by atoms with Gasteiger partial charge in [0.15, 0.2) is 0 Å². The number of carbonyl (C=O) groups is 2. The molecule has 0 aliphatic carbocycles. The van der Waals surface area contributed by atoms with Crippen molar-refractivity contribution in [2.24, 2.45) is 0 Å². The second-order valence-corrected chi connectivity index (χ2v) is 9.17. The van der Waals surface area contributed by atoms with Gasteiger partial charge in [-0.1, -0.05) is 23.7 Å². The molecule has 0 aliphatic heterocycles. The van der Waals surface area contributed by atoms with Gasteiger partial charge in [-0.05, 0) is 42.8 Å². The Morgan fingerprint density at radius 1 is 1.03 bits per heavy atom. The van der Waals surface area contributed by atoms with E-state index in [0.717, 1.165) is 15.6 Å². The minimum Gasteiger partial charge on any atom is -0.497 e. The molecular formula is C24H20ClNO5S2. The van der Waals surface area contributed by atoms with Crippen LogP contribution in [-0.4, -0.2) is 32.7 Å². The molecule has 4 rings (SSSR count). The lowest BCUT2D eigenvalue weighted by atomic mass is 10.0. The third-order valence-corrected chi connectivity index (χ3v) is 7.51. The van der Waals surface area contributed by atoms with Crippen molar-refractivity contribution in [2.45, 2.75) is 6.92 Å². The van der Waals surface area contributed by atoms with Crippen LogP contribution >= 0.6 is 34.3 Å². The highest BCUT2D eigenvalue weighted by atomic mass is 35.5. The van der Waals surface area contributed by atoms with E-state index in [4.69, 9.17) is 25.8 Å². The van der Waals surface area contributed by atoms with Gasteiger partial charge in [-0.3, -0.25) is 4.79 Å². The Hall–Kier alpha value is -3.07. The lowest BCUT2D eigenvalue weighted by Gasteiger charge is -2.09. The van der Waals surface area contributed by atoms with E-state index in [0.29, 0.717) is 37.5 Å². The number of nitrogens with one attached hydrogen (secondary N) is 1. The molecule has 0 bridgehead atoms. The first-order valence-electron chi connectivity index (χ1n) is 9.97. The lowest BCUT2D eigenvalue weighted by molar-refractivity contribution is 0.0529. The van der Waals surface area contributed by atoms with Crippen molar-refractivity contribution < 1.29 is 23.8 Å². The second-order valence-electron chi connectivity index (χ2n) is 6.86. The van der Waals surface area contributed by atoms with E-state index in [9.17, 15) is 9.59 Å². The first kappa shape index (κ1) is 23.1. The Morgan fingerprint density at radius 3 is 2.39 bits per heavy atom. The van der Waals surface area contributed by atoms with Gasteiger partial charge in [0.25, 0.3) is 5.91 Å². The van der Waals surface area contributed by atoms with Gasteiger partial charge in [-0.25, -0.2) is 4.79 Å². The third-order valence-electron chi connectivity index (χ3n) is 4.94. The molecule has 1 amide bonds. The maximum atomic E-state index is 13.1. The van der Waals surface area contributed by atoms with E-state index in [-0.39, 0.29) is 6.61 Å². The predicted molar refractivity (Wildman–Crippen MR) is 134 cm³/mol. The molecule has 0 saturated heterocycles. The summed E-state index contributed by atoms with van der Waals surface area (Å²) in [6.07, 6.45) is 0. The van der Waals surface area contributed by atoms with Gasteiger partial charge in [0, 0.05) is 21.0 Å². The van der Waals surface area contributed by atoms with E-state index < -0.39 is 11.9 Å². The molecule has 0 spiro atoms. The normalized spacial score (nSPS) is 10.8. The Balaban J connectivity index is 1.71. The molecule has 2 heterocycles. The molecule has 2 aromatic carbocycles. The summed E-state index contributed by atoms with van der Waals surface area (Å²) >= 11 is 9.05. The van der Waals surface area contributed by atoms with Gasteiger partial charge in [-0.2, -0.15) is 0 Å². The van der Waals surface area contributed by atoms with Crippen molar-refractivity contribution in [3.63, 3.8) is 0 Å². The minimum atomic E-state index is -0.507. The van der Waals surface area contributed by atoms with Crippen LogP contribution in [0.25, 0.3) is 21.2 Å². The van der Waals surface area contributed by atoms with Crippen LogP contribution in [0.4, 0.5) is 5.00 Å². The molecule has 4 aromatic rings. The molecule has 0 fully saturated rings. The molecule has 2 aromatic heterocycles. The maximum absolute atomic E-state index is 13.1. The summed E-state index contributed by atoms with van der Waals surface area (Å²) in [7, 11) is 3.16. The monoisotopic (exact) mass is 501 g/mol. The molecule has 170 valence electrons. The molecule has 9 heteroatoms. The average molecular weight is 502 g/mol. The number of methoxy groups -OCH3 is 2. The fourth-order valence-electron chi connectivity index (χ4n) is 3.32. The molecule has 0 radical (unpaired) electrons. The molecule has 0 atom stereocenters. The first-order valence-corrected chi connectivity index (χ1v) is 12.0. The fraction of sp³-hybridized carbons (Fsp3) is 0.167. The highest BCUT2D eigenvalue weighted by molar-refractivity contribution is 7.22. The fourth-order valence-corrected chi connectivity index (χ4v) is 5.65. The molecule has 0 aliphatic rings. The number of amides is 1. The average Bonchev–Trinajstić information content (AvgIpc) is 3.40. The topological polar surface area (TPSA) is 73.9 Å². The smallest absolute Gasteiger partial charge is 0.341 e. The van der Waals surface area contributed by atoms with E-state index in [1.807, 2.05) is 41.8 Å². The summed E-state index contributed by atoms with van der Waals surface area (Å²) in [5.41, 5.74) is 1.78. The van der Waals surface area contributed by atoms with Crippen LogP contribution < -0.4 is 14.8 Å². The van der Waals surface area contributed by atoms with Crippen LogP contribution in [0, 0.1) is 0 Å². The largest absolute Gasteiger partial charge is 0.497 e. The van der Waals surface area contributed by atoms with Crippen LogP contribution in [0.15, 0.2) is 47.8 Å². The Labute approximate surface area is 203 Å². The molecular weight excluding hydrogens is 482 g/mol. The van der Waals surface area contributed by atoms with Crippen LogP contribution in [0.2, 0.25) is 5.02 Å². The number of hydrogen-bond donors (Lipinski definition) is 1. The van der Waals surface area contributed by atoms with Crippen molar-refractivity contribution >= 4 is 61.2 Å². The Bertz CT molecular complexity index is 1330. The number of carbonyl (C=O) groups excluding carboxylic acids is 2. The predicted octanol–water partition coefficient (Wildman–Crippen LogP) is 6.73. The number of rotatable bonds is 7. The highest BCUT2D eigenvalue weighted by Crippen LogP contribution is 2.40. The number of benzene rings is 2. The number of fused-ring (bicyclic) bond motifs is 1. The quantitative estimate of drug-likeness (QED) is 0.284. The Morgan fingerprint density at radius 2 is 1.73 bits per heavy atom. The molecule has 1 N–H and O–H groups in total. The summed E-state index contributed by atoms with van der Waals surface area (Å²) in [6.45, 7) is 1.95. The number of thiophene rings is 2. The third kappa shape index (κ3) is 4.55. The second kappa shape index (κ2) is 9.82. The molecule has 0 saturated carbocycles. The van der Waals surface area contributed by atoms with Crippen molar-refractivity contribution in [1.82, 2.24) is 0 Å². The van der Waals surface area contributed by atoms with Gasteiger partial charge < -0.3 is 19.5 Å². The van der Waals surface area contributed by atoms with Crippen LogP contribution in [0.5, 0.6) is 11.5 Å². The number of hydrogen-bond acceptors (Lipinski definition) is 7. The van der Waals surface area contributed by atoms with Crippen molar-refractivity contribution in [3.05, 3.63) is 63.3 Å². The SMILES string of the molecule is CCOC(=O)c1c(-c2ccc(OC)cc2)csc1NC(=O)c1sc2ccc(OC)cc2c1Cl. The van der Waals surface area contributed by atoms with Gasteiger partial charge in [0.2, 0.25) is 0 Å². The van der Waals surface area contributed by atoms with Crippen LogP contribution in [0.1, 0.15) is 27.0 Å². The zero-order chi connectivity index (χ0) is 23.5. The highest BCUT2D eigenvalue weighted by Gasteiger charge is 2.25. The molecule has 6 nitrogen and oxygen atoms in total. The van der Waals surface area contributed by atoms with Gasteiger partial charge >= 0.3 is 5.97 Å². The summed E-state index contributed by atoms with van der Waals surface area (Å²) in [5, 5.41) is 6.16. The summed E-state index contributed by atoms with van der Waals surface area (Å²) < 4.78 is 16.6. The summed E-state index contributed by atoms with van der Waals surface area (Å²) in [6, 6.07) is 12.8. The van der Waals surface area contributed by atoms with Crippen LogP contribution in [0.3, 0.4) is 0 Å².